The maximum atomic E-state index is 12.4. The number of rotatable bonds is 6. The summed E-state index contributed by atoms with van der Waals surface area (Å²) in [5, 5.41) is 18.4. The molecule has 1 aromatic carbocycles. The van der Waals surface area contributed by atoms with Gasteiger partial charge in [0, 0.05) is 24.8 Å². The van der Waals surface area contributed by atoms with Crippen molar-refractivity contribution in [2.45, 2.75) is 20.3 Å². The zero-order valence-electron chi connectivity index (χ0n) is 11.7. The second-order valence-electron chi connectivity index (χ2n) is 4.36. The van der Waals surface area contributed by atoms with Crippen molar-refractivity contribution in [1.29, 1.82) is 0 Å². The minimum atomic E-state index is -1.04. The monoisotopic (exact) mass is 280 g/mol. The maximum Gasteiger partial charge on any atom is 0.325 e. The van der Waals surface area contributed by atoms with E-state index in [9.17, 15) is 14.7 Å². The molecule has 20 heavy (non-hydrogen) atoms. The highest BCUT2D eigenvalue weighted by Gasteiger charge is 2.22. The summed E-state index contributed by atoms with van der Waals surface area (Å²) >= 11 is 0. The van der Waals surface area contributed by atoms with Crippen molar-refractivity contribution in [3.8, 4) is 5.75 Å². The molecular weight excluding hydrogens is 260 g/mol. The van der Waals surface area contributed by atoms with E-state index in [2.05, 4.69) is 0 Å². The van der Waals surface area contributed by atoms with E-state index in [-0.39, 0.29) is 18.3 Å². The number of carboxylic acids is 1. The summed E-state index contributed by atoms with van der Waals surface area (Å²) in [6, 6.07) is 5.96. The Morgan fingerprint density at radius 2 is 1.95 bits per heavy atom. The number of carbonyl (C=O) groups excluding carboxylic acids is 1. The van der Waals surface area contributed by atoms with Crippen LogP contribution < -0.4 is 4.90 Å². The predicted molar refractivity (Wildman–Crippen MR) is 76.0 cm³/mol. The van der Waals surface area contributed by atoms with Gasteiger partial charge in [0.2, 0.25) is 0 Å². The number of phenols is 1. The SMILES string of the molecule is CCCN(CC(=O)O)C(=O)N(CC)c1cccc(O)c1. The fourth-order valence-corrected chi connectivity index (χ4v) is 1.94. The fraction of sp³-hybridized carbons (Fsp3) is 0.429. The number of nitrogens with zero attached hydrogens (tertiary/aromatic N) is 2. The van der Waals surface area contributed by atoms with E-state index in [4.69, 9.17) is 5.11 Å². The highest BCUT2D eigenvalue weighted by atomic mass is 16.4. The molecule has 6 heteroatoms. The first-order chi connectivity index (χ1) is 9.49. The summed E-state index contributed by atoms with van der Waals surface area (Å²) < 4.78 is 0. The van der Waals surface area contributed by atoms with Gasteiger partial charge >= 0.3 is 12.0 Å². The number of aromatic hydroxyl groups is 1. The quantitative estimate of drug-likeness (QED) is 0.836. The van der Waals surface area contributed by atoms with Crippen LogP contribution in [-0.4, -0.2) is 46.7 Å². The molecule has 0 saturated heterocycles. The first-order valence-corrected chi connectivity index (χ1v) is 6.56. The number of hydrogen-bond donors (Lipinski definition) is 2. The normalized spacial score (nSPS) is 10.1. The molecule has 0 atom stereocenters. The minimum Gasteiger partial charge on any atom is -0.508 e. The molecule has 6 nitrogen and oxygen atoms in total. The molecule has 2 N–H and O–H groups in total. The Morgan fingerprint density at radius 3 is 2.45 bits per heavy atom. The van der Waals surface area contributed by atoms with Crippen LogP contribution in [0.25, 0.3) is 0 Å². The van der Waals surface area contributed by atoms with E-state index in [1.807, 2.05) is 6.92 Å². The van der Waals surface area contributed by atoms with E-state index in [0.717, 1.165) is 0 Å². The molecule has 0 aromatic heterocycles. The van der Waals surface area contributed by atoms with Crippen LogP contribution in [0.3, 0.4) is 0 Å². The smallest absolute Gasteiger partial charge is 0.325 e. The molecule has 0 aliphatic heterocycles. The highest BCUT2D eigenvalue weighted by molar-refractivity contribution is 5.93. The third kappa shape index (κ3) is 4.15. The molecule has 0 aliphatic rings. The lowest BCUT2D eigenvalue weighted by molar-refractivity contribution is -0.137. The van der Waals surface area contributed by atoms with Crippen LogP contribution in [0.15, 0.2) is 24.3 Å². The second kappa shape index (κ2) is 7.37. The van der Waals surface area contributed by atoms with Gasteiger partial charge in [-0.25, -0.2) is 4.79 Å². The summed E-state index contributed by atoms with van der Waals surface area (Å²) in [4.78, 5) is 26.0. The van der Waals surface area contributed by atoms with Gasteiger partial charge in [-0.15, -0.1) is 0 Å². The van der Waals surface area contributed by atoms with Crippen molar-refractivity contribution >= 4 is 17.7 Å². The van der Waals surface area contributed by atoms with Crippen molar-refractivity contribution in [2.24, 2.45) is 0 Å². The van der Waals surface area contributed by atoms with Gasteiger partial charge in [-0.2, -0.15) is 0 Å². The summed E-state index contributed by atoms with van der Waals surface area (Å²) in [6.07, 6.45) is 0.677. The Kier molecular flexibility index (Phi) is 5.83. The Morgan fingerprint density at radius 1 is 1.25 bits per heavy atom. The molecule has 2 amide bonds. The van der Waals surface area contributed by atoms with Crippen LogP contribution >= 0.6 is 0 Å². The van der Waals surface area contributed by atoms with Crippen LogP contribution in [0.5, 0.6) is 5.75 Å². The number of carboxylic acid groups (broad SMARTS) is 1. The van der Waals surface area contributed by atoms with Gasteiger partial charge in [0.1, 0.15) is 12.3 Å². The number of urea groups is 1. The molecule has 0 aliphatic carbocycles. The van der Waals surface area contributed by atoms with Gasteiger partial charge in [-0.1, -0.05) is 13.0 Å². The van der Waals surface area contributed by atoms with E-state index >= 15 is 0 Å². The maximum absolute atomic E-state index is 12.4. The van der Waals surface area contributed by atoms with Gasteiger partial charge in [0.15, 0.2) is 0 Å². The van der Waals surface area contributed by atoms with Gasteiger partial charge in [0.05, 0.1) is 0 Å². The molecule has 110 valence electrons. The van der Waals surface area contributed by atoms with Crippen LogP contribution in [0.4, 0.5) is 10.5 Å². The van der Waals surface area contributed by atoms with Gasteiger partial charge in [-0.3, -0.25) is 9.69 Å². The Hall–Kier alpha value is -2.24. The third-order valence-corrected chi connectivity index (χ3v) is 2.78. The minimum absolute atomic E-state index is 0.0639. The summed E-state index contributed by atoms with van der Waals surface area (Å²) in [5.41, 5.74) is 0.545. The molecule has 0 spiro atoms. The van der Waals surface area contributed by atoms with E-state index in [1.165, 1.54) is 21.9 Å². The first-order valence-electron chi connectivity index (χ1n) is 6.56. The van der Waals surface area contributed by atoms with Crippen molar-refractivity contribution in [3.05, 3.63) is 24.3 Å². The van der Waals surface area contributed by atoms with Gasteiger partial charge in [0.25, 0.3) is 0 Å². The topological polar surface area (TPSA) is 81.1 Å². The lowest BCUT2D eigenvalue weighted by Gasteiger charge is -2.28. The van der Waals surface area contributed by atoms with Crippen molar-refractivity contribution in [1.82, 2.24) is 4.90 Å². The fourth-order valence-electron chi connectivity index (χ4n) is 1.94. The molecule has 1 rings (SSSR count). The van der Waals surface area contributed by atoms with Gasteiger partial charge < -0.3 is 15.1 Å². The number of carbonyl (C=O) groups is 2. The number of hydrogen-bond acceptors (Lipinski definition) is 3. The molecule has 0 radical (unpaired) electrons. The van der Waals surface area contributed by atoms with Crippen LogP contribution in [0, 0.1) is 0 Å². The molecule has 0 heterocycles. The van der Waals surface area contributed by atoms with Gasteiger partial charge in [-0.05, 0) is 25.5 Å². The summed E-state index contributed by atoms with van der Waals surface area (Å²) in [5.74, 6) is -0.979. The average molecular weight is 280 g/mol. The molecule has 0 fully saturated rings. The second-order valence-corrected chi connectivity index (χ2v) is 4.36. The molecule has 0 bridgehead atoms. The average Bonchev–Trinajstić information content (AvgIpc) is 2.38. The molecular formula is C14H20N2O4. The molecule has 0 saturated carbocycles. The standard InChI is InChI=1S/C14H20N2O4/c1-3-8-15(10-13(18)19)14(20)16(4-2)11-6-5-7-12(17)9-11/h5-7,9,17H,3-4,8,10H2,1-2H3,(H,18,19). The Balaban J connectivity index is 2.96. The number of benzene rings is 1. The lowest BCUT2D eigenvalue weighted by atomic mass is 10.2. The lowest BCUT2D eigenvalue weighted by Crippen LogP contribution is -2.45. The molecule has 1 aromatic rings. The van der Waals surface area contributed by atoms with E-state index in [1.54, 1.807) is 19.1 Å². The third-order valence-electron chi connectivity index (χ3n) is 2.78. The van der Waals surface area contributed by atoms with Crippen LogP contribution in [-0.2, 0) is 4.79 Å². The number of aliphatic carboxylic acids is 1. The van der Waals surface area contributed by atoms with Crippen molar-refractivity contribution in [3.63, 3.8) is 0 Å². The van der Waals surface area contributed by atoms with E-state index < -0.39 is 5.97 Å². The Bertz CT molecular complexity index is 476. The van der Waals surface area contributed by atoms with E-state index in [0.29, 0.717) is 25.2 Å². The van der Waals surface area contributed by atoms with Crippen molar-refractivity contribution in [2.75, 3.05) is 24.5 Å². The number of phenolic OH excluding ortho intramolecular Hbond substituents is 1. The van der Waals surface area contributed by atoms with Crippen LogP contribution in [0.2, 0.25) is 0 Å². The predicted octanol–water partition coefficient (Wildman–Crippen LogP) is 2.14. The zero-order valence-corrected chi connectivity index (χ0v) is 11.7. The zero-order chi connectivity index (χ0) is 15.1. The summed E-state index contributed by atoms with van der Waals surface area (Å²) in [7, 11) is 0. The van der Waals surface area contributed by atoms with Crippen molar-refractivity contribution < 1.29 is 19.8 Å². The highest BCUT2D eigenvalue weighted by Crippen LogP contribution is 2.21. The number of amides is 2. The Labute approximate surface area is 118 Å². The summed E-state index contributed by atoms with van der Waals surface area (Å²) in [6.45, 7) is 4.12. The van der Waals surface area contributed by atoms with Crippen LogP contribution in [0.1, 0.15) is 20.3 Å². The molecule has 0 unspecified atom stereocenters. The first kappa shape index (κ1) is 15.8. The largest absolute Gasteiger partial charge is 0.508 e. The number of anilines is 1.